The van der Waals surface area contributed by atoms with Crippen LogP contribution in [0.3, 0.4) is 0 Å². The van der Waals surface area contributed by atoms with E-state index in [9.17, 15) is 9.59 Å². The number of anilines is 2. The van der Waals surface area contributed by atoms with Gasteiger partial charge in [0.2, 0.25) is 12.7 Å². The van der Waals surface area contributed by atoms with Crippen LogP contribution in [0.5, 0.6) is 11.5 Å². The summed E-state index contributed by atoms with van der Waals surface area (Å²) < 4.78 is 10.5. The number of hydrogen-bond donors (Lipinski definition) is 2. The minimum atomic E-state index is -0.355. The van der Waals surface area contributed by atoms with E-state index in [4.69, 9.17) is 9.47 Å². The molecule has 4 rings (SSSR count). The summed E-state index contributed by atoms with van der Waals surface area (Å²) in [5.74, 6) is 1.26. The first-order valence-electron chi connectivity index (χ1n) is 8.01. The minimum absolute atomic E-state index is 0.000389. The van der Waals surface area contributed by atoms with E-state index in [1.165, 1.54) is 0 Å². The summed E-state index contributed by atoms with van der Waals surface area (Å²) in [6.07, 6.45) is 0.281. The van der Waals surface area contributed by atoms with Crippen LogP contribution in [-0.2, 0) is 4.79 Å². The molecule has 128 valence electrons. The highest BCUT2D eigenvalue weighted by Gasteiger charge is 2.31. The van der Waals surface area contributed by atoms with Crippen molar-refractivity contribution in [2.75, 3.05) is 23.6 Å². The molecule has 2 N–H and O–H groups in total. The predicted molar refractivity (Wildman–Crippen MR) is 91.9 cm³/mol. The molecule has 2 aliphatic heterocycles. The monoisotopic (exact) mass is 339 g/mol. The van der Waals surface area contributed by atoms with Crippen molar-refractivity contribution in [1.29, 1.82) is 0 Å². The highest BCUT2D eigenvalue weighted by Crippen LogP contribution is 2.34. The van der Waals surface area contributed by atoms with Crippen molar-refractivity contribution in [2.45, 2.75) is 12.5 Å². The Balaban J connectivity index is 1.36. The quantitative estimate of drug-likeness (QED) is 0.899. The van der Waals surface area contributed by atoms with Gasteiger partial charge in [-0.15, -0.1) is 0 Å². The van der Waals surface area contributed by atoms with Gasteiger partial charge >= 0.3 is 6.03 Å². The molecule has 0 spiro atoms. The Hall–Kier alpha value is -3.22. The third-order valence-corrected chi connectivity index (χ3v) is 4.16. The molecule has 1 fully saturated rings. The predicted octanol–water partition coefficient (Wildman–Crippen LogP) is 2.34. The zero-order chi connectivity index (χ0) is 17.2. The molecular formula is C18H17N3O4. The van der Waals surface area contributed by atoms with Crippen molar-refractivity contribution in [3.63, 3.8) is 0 Å². The second kappa shape index (κ2) is 6.35. The van der Waals surface area contributed by atoms with Gasteiger partial charge < -0.3 is 25.0 Å². The van der Waals surface area contributed by atoms with E-state index in [1.54, 1.807) is 23.1 Å². The van der Waals surface area contributed by atoms with Gasteiger partial charge in [0.25, 0.3) is 0 Å². The number of fused-ring (bicyclic) bond motifs is 1. The molecular weight excluding hydrogens is 322 g/mol. The van der Waals surface area contributed by atoms with Crippen LogP contribution < -0.4 is 25.0 Å². The Labute approximate surface area is 144 Å². The molecule has 1 saturated heterocycles. The lowest BCUT2D eigenvalue weighted by atomic mass is 10.2. The summed E-state index contributed by atoms with van der Waals surface area (Å²) in [6, 6.07) is 14.0. The van der Waals surface area contributed by atoms with Gasteiger partial charge in [0, 0.05) is 30.4 Å². The molecule has 25 heavy (non-hydrogen) atoms. The smallest absolute Gasteiger partial charge is 0.319 e. The molecule has 3 amide bonds. The first-order valence-corrected chi connectivity index (χ1v) is 8.01. The van der Waals surface area contributed by atoms with Crippen LogP contribution in [0.4, 0.5) is 16.2 Å². The molecule has 7 heteroatoms. The van der Waals surface area contributed by atoms with Crippen LogP contribution in [0.1, 0.15) is 6.42 Å². The van der Waals surface area contributed by atoms with Crippen LogP contribution in [0.25, 0.3) is 0 Å². The number of ether oxygens (including phenoxy) is 2. The number of para-hydroxylation sites is 1. The van der Waals surface area contributed by atoms with E-state index >= 15 is 0 Å². The van der Waals surface area contributed by atoms with Crippen LogP contribution in [0, 0.1) is 0 Å². The summed E-state index contributed by atoms with van der Waals surface area (Å²) in [5.41, 5.74) is 1.44. The SMILES string of the molecule is O=C(Nc1ccc2c(c1)OCO2)NC1CC(=O)N(c2ccccc2)C1. The molecule has 0 saturated carbocycles. The van der Waals surface area contributed by atoms with Gasteiger partial charge in [0.15, 0.2) is 11.5 Å². The van der Waals surface area contributed by atoms with Gasteiger partial charge in [-0.1, -0.05) is 18.2 Å². The highest BCUT2D eigenvalue weighted by molar-refractivity contribution is 5.97. The van der Waals surface area contributed by atoms with Crippen molar-refractivity contribution >= 4 is 23.3 Å². The van der Waals surface area contributed by atoms with Gasteiger partial charge in [0.1, 0.15) is 0 Å². The Kier molecular flexibility index (Phi) is 3.89. The average molecular weight is 339 g/mol. The molecule has 7 nitrogen and oxygen atoms in total. The van der Waals surface area contributed by atoms with Crippen molar-refractivity contribution in [2.24, 2.45) is 0 Å². The molecule has 2 aliphatic rings. The van der Waals surface area contributed by atoms with Gasteiger partial charge in [-0.05, 0) is 24.3 Å². The molecule has 2 aromatic carbocycles. The van der Waals surface area contributed by atoms with Crippen molar-refractivity contribution in [3.8, 4) is 11.5 Å². The second-order valence-electron chi connectivity index (χ2n) is 5.91. The van der Waals surface area contributed by atoms with Gasteiger partial charge in [-0.2, -0.15) is 0 Å². The third kappa shape index (κ3) is 3.21. The third-order valence-electron chi connectivity index (χ3n) is 4.16. The number of carbonyl (C=O) groups is 2. The lowest BCUT2D eigenvalue weighted by Gasteiger charge is -2.17. The molecule has 0 bridgehead atoms. The lowest BCUT2D eigenvalue weighted by Crippen LogP contribution is -2.39. The molecule has 1 unspecified atom stereocenters. The van der Waals surface area contributed by atoms with E-state index in [2.05, 4.69) is 10.6 Å². The average Bonchev–Trinajstić information content (AvgIpc) is 3.21. The first kappa shape index (κ1) is 15.3. The minimum Gasteiger partial charge on any atom is -0.454 e. The summed E-state index contributed by atoms with van der Waals surface area (Å²) in [5, 5.41) is 5.59. The van der Waals surface area contributed by atoms with Crippen molar-refractivity contribution < 1.29 is 19.1 Å². The highest BCUT2D eigenvalue weighted by atomic mass is 16.7. The zero-order valence-corrected chi connectivity index (χ0v) is 13.4. The van der Waals surface area contributed by atoms with E-state index in [0.717, 1.165) is 5.69 Å². The van der Waals surface area contributed by atoms with Crippen LogP contribution in [0.2, 0.25) is 0 Å². The number of carbonyl (C=O) groups excluding carboxylic acids is 2. The van der Waals surface area contributed by atoms with Crippen LogP contribution >= 0.6 is 0 Å². The first-order chi connectivity index (χ1) is 12.2. The van der Waals surface area contributed by atoms with Gasteiger partial charge in [-0.3, -0.25) is 4.79 Å². The molecule has 0 aromatic heterocycles. The van der Waals surface area contributed by atoms with Crippen molar-refractivity contribution in [3.05, 3.63) is 48.5 Å². The molecule has 2 aromatic rings. The number of amides is 3. The Morgan fingerprint density at radius 3 is 2.72 bits per heavy atom. The topological polar surface area (TPSA) is 79.9 Å². The maximum Gasteiger partial charge on any atom is 0.319 e. The normalized spacial score (nSPS) is 18.3. The molecule has 0 radical (unpaired) electrons. The Morgan fingerprint density at radius 2 is 1.88 bits per heavy atom. The fourth-order valence-corrected chi connectivity index (χ4v) is 2.99. The second-order valence-corrected chi connectivity index (χ2v) is 5.91. The van der Waals surface area contributed by atoms with Crippen LogP contribution in [-0.4, -0.2) is 31.3 Å². The van der Waals surface area contributed by atoms with E-state index in [1.807, 2.05) is 30.3 Å². The van der Waals surface area contributed by atoms with E-state index in [-0.39, 0.29) is 31.2 Å². The fourth-order valence-electron chi connectivity index (χ4n) is 2.99. The van der Waals surface area contributed by atoms with E-state index in [0.29, 0.717) is 23.7 Å². The van der Waals surface area contributed by atoms with Crippen LogP contribution in [0.15, 0.2) is 48.5 Å². The summed E-state index contributed by atoms with van der Waals surface area (Å²) in [6.45, 7) is 0.641. The van der Waals surface area contributed by atoms with Gasteiger partial charge in [-0.25, -0.2) is 4.79 Å². The Morgan fingerprint density at radius 1 is 1.08 bits per heavy atom. The maximum atomic E-state index is 12.2. The Bertz CT molecular complexity index is 809. The zero-order valence-electron chi connectivity index (χ0n) is 13.4. The fraction of sp³-hybridized carbons (Fsp3) is 0.222. The lowest BCUT2D eigenvalue weighted by molar-refractivity contribution is -0.117. The van der Waals surface area contributed by atoms with Gasteiger partial charge in [0.05, 0.1) is 6.04 Å². The maximum absolute atomic E-state index is 12.2. The summed E-state index contributed by atoms with van der Waals surface area (Å²) >= 11 is 0. The number of hydrogen-bond acceptors (Lipinski definition) is 4. The summed E-state index contributed by atoms with van der Waals surface area (Å²) in [7, 11) is 0. The number of nitrogens with one attached hydrogen (secondary N) is 2. The molecule has 2 heterocycles. The number of nitrogens with zero attached hydrogens (tertiary/aromatic N) is 1. The van der Waals surface area contributed by atoms with Crippen molar-refractivity contribution in [1.82, 2.24) is 5.32 Å². The molecule has 1 atom stereocenters. The van der Waals surface area contributed by atoms with E-state index < -0.39 is 0 Å². The summed E-state index contributed by atoms with van der Waals surface area (Å²) in [4.78, 5) is 26.1. The largest absolute Gasteiger partial charge is 0.454 e. The standard InChI is InChI=1S/C18H17N3O4/c22-17-9-13(10-21(17)14-4-2-1-3-5-14)20-18(23)19-12-6-7-15-16(8-12)25-11-24-15/h1-8,13H,9-11H2,(H2,19,20,23). The number of rotatable bonds is 3. The number of urea groups is 1. The number of benzene rings is 2. The molecule has 0 aliphatic carbocycles.